The Morgan fingerprint density at radius 1 is 1.60 bits per heavy atom. The quantitative estimate of drug-likeness (QED) is 0.741. The smallest absolute Gasteiger partial charge is 0.197 e. The molecule has 0 unspecified atom stereocenters. The third kappa shape index (κ3) is 1.59. The second kappa shape index (κ2) is 3.02. The Morgan fingerprint density at radius 2 is 2.30 bits per heavy atom. The van der Waals surface area contributed by atoms with Gasteiger partial charge in [0.1, 0.15) is 8.87 Å². The van der Waals surface area contributed by atoms with Crippen LogP contribution in [0.5, 0.6) is 0 Å². The number of rotatable bonds is 2. The zero-order valence-corrected chi connectivity index (χ0v) is 8.17. The molecule has 0 fully saturated rings. The molecule has 0 spiro atoms. The summed E-state index contributed by atoms with van der Waals surface area (Å²) in [5, 5.41) is 1.75. The van der Waals surface area contributed by atoms with Gasteiger partial charge in [-0.3, -0.25) is 0 Å². The van der Waals surface area contributed by atoms with Crippen molar-refractivity contribution in [3.8, 4) is 0 Å². The molecule has 1 aromatic heterocycles. The van der Waals surface area contributed by atoms with Crippen LogP contribution in [0.4, 0.5) is 0 Å². The molecule has 0 bridgehead atoms. The maximum absolute atomic E-state index is 11.0. The number of sulfone groups is 1. The van der Waals surface area contributed by atoms with E-state index in [2.05, 4.69) is 15.9 Å². The third-order valence-electron chi connectivity index (χ3n) is 0.945. The van der Waals surface area contributed by atoms with Crippen molar-refractivity contribution in [2.24, 2.45) is 0 Å². The average Bonchev–Trinajstić information content (AvgIpc) is 2.38. The van der Waals surface area contributed by atoms with Gasteiger partial charge >= 0.3 is 0 Å². The number of alkyl halides is 1. The minimum Gasteiger partial charge on any atom is -0.222 e. The lowest BCUT2D eigenvalue weighted by atomic mass is 10.7. The molecule has 0 aliphatic carbocycles. The number of halogens is 1. The number of thiophene rings is 1. The molecule has 0 atom stereocenters. The van der Waals surface area contributed by atoms with E-state index in [1.165, 1.54) is 11.3 Å². The van der Waals surface area contributed by atoms with Crippen molar-refractivity contribution in [2.45, 2.75) is 4.21 Å². The fraction of sp³-hybridized carbons (Fsp3) is 0.200. The minimum absolute atomic E-state index is 0.000509. The Morgan fingerprint density at radius 3 is 2.70 bits per heavy atom. The van der Waals surface area contributed by atoms with E-state index in [0.29, 0.717) is 4.21 Å². The summed E-state index contributed by atoms with van der Waals surface area (Å²) in [6.45, 7) is 0. The lowest BCUT2D eigenvalue weighted by Crippen LogP contribution is -1.97. The molecule has 1 aromatic rings. The minimum atomic E-state index is -3.02. The molecule has 0 N–H and O–H groups in total. The summed E-state index contributed by atoms with van der Waals surface area (Å²) in [6.07, 6.45) is 0. The monoisotopic (exact) mass is 240 g/mol. The van der Waals surface area contributed by atoms with Crippen molar-refractivity contribution in [1.82, 2.24) is 0 Å². The van der Waals surface area contributed by atoms with Gasteiger partial charge in [-0.05, 0) is 11.4 Å². The average molecular weight is 241 g/mol. The Labute approximate surface area is 71.9 Å². The van der Waals surface area contributed by atoms with Gasteiger partial charge in [-0.25, -0.2) is 8.42 Å². The molecule has 0 amide bonds. The molecule has 0 aliphatic heterocycles. The van der Waals surface area contributed by atoms with Crippen molar-refractivity contribution in [2.75, 3.05) is 4.66 Å². The summed E-state index contributed by atoms with van der Waals surface area (Å²) in [4.78, 5) is 0. The lowest BCUT2D eigenvalue weighted by Gasteiger charge is -1.91. The van der Waals surface area contributed by atoms with Crippen LogP contribution in [0.25, 0.3) is 0 Å². The van der Waals surface area contributed by atoms with E-state index in [0.717, 1.165) is 0 Å². The van der Waals surface area contributed by atoms with Crippen LogP contribution in [-0.4, -0.2) is 13.1 Å². The van der Waals surface area contributed by atoms with Crippen molar-refractivity contribution < 1.29 is 8.42 Å². The first-order valence-corrected chi connectivity index (χ1v) is 6.14. The molecule has 0 saturated carbocycles. The van der Waals surface area contributed by atoms with Crippen LogP contribution < -0.4 is 0 Å². The van der Waals surface area contributed by atoms with Gasteiger partial charge in [-0.15, -0.1) is 11.3 Å². The first-order chi connectivity index (χ1) is 4.67. The van der Waals surface area contributed by atoms with E-state index in [4.69, 9.17) is 0 Å². The highest BCUT2D eigenvalue weighted by Gasteiger charge is 2.11. The van der Waals surface area contributed by atoms with Gasteiger partial charge in [0.05, 0.1) is 0 Å². The zero-order chi connectivity index (χ0) is 7.61. The van der Waals surface area contributed by atoms with Gasteiger partial charge in [0, 0.05) is 0 Å². The molecule has 1 rings (SSSR count). The van der Waals surface area contributed by atoms with E-state index < -0.39 is 9.84 Å². The summed E-state index contributed by atoms with van der Waals surface area (Å²) in [5.74, 6) is 0. The van der Waals surface area contributed by atoms with Crippen LogP contribution >= 0.6 is 27.3 Å². The van der Waals surface area contributed by atoms with Crippen LogP contribution in [0.15, 0.2) is 21.7 Å². The molecule has 0 aromatic carbocycles. The summed E-state index contributed by atoms with van der Waals surface area (Å²) >= 11 is 4.15. The second-order valence-corrected chi connectivity index (χ2v) is 6.12. The van der Waals surface area contributed by atoms with Crippen LogP contribution in [0, 0.1) is 0 Å². The molecule has 0 radical (unpaired) electrons. The van der Waals surface area contributed by atoms with E-state index in [9.17, 15) is 8.42 Å². The second-order valence-electron chi connectivity index (χ2n) is 1.66. The fourth-order valence-corrected chi connectivity index (χ4v) is 3.46. The van der Waals surface area contributed by atoms with E-state index in [1.54, 1.807) is 17.5 Å². The summed E-state index contributed by atoms with van der Waals surface area (Å²) in [7, 11) is -3.02. The fourth-order valence-electron chi connectivity index (χ4n) is 0.494. The molecule has 56 valence electrons. The van der Waals surface area contributed by atoms with Gasteiger partial charge in [0.15, 0.2) is 9.84 Å². The molecular weight excluding hydrogens is 236 g/mol. The molecule has 5 heteroatoms. The summed E-state index contributed by atoms with van der Waals surface area (Å²) in [6, 6.07) is 3.32. The van der Waals surface area contributed by atoms with Crippen molar-refractivity contribution in [3.05, 3.63) is 17.5 Å². The molecule has 0 aliphatic rings. The van der Waals surface area contributed by atoms with Gasteiger partial charge < -0.3 is 0 Å². The molecule has 2 nitrogen and oxygen atoms in total. The van der Waals surface area contributed by atoms with Crippen molar-refractivity contribution in [1.29, 1.82) is 0 Å². The van der Waals surface area contributed by atoms with E-state index in [-0.39, 0.29) is 4.66 Å². The Kier molecular flexibility index (Phi) is 2.49. The predicted molar refractivity (Wildman–Crippen MR) is 45.3 cm³/mol. The van der Waals surface area contributed by atoms with Gasteiger partial charge in [-0.2, -0.15) is 0 Å². The molecule has 1 heterocycles. The predicted octanol–water partition coefficient (Wildman–Crippen LogP) is 1.87. The van der Waals surface area contributed by atoms with Crippen molar-refractivity contribution >= 4 is 37.1 Å². The highest BCUT2D eigenvalue weighted by atomic mass is 79.9. The lowest BCUT2D eigenvalue weighted by molar-refractivity contribution is 0.603. The Bertz CT molecular complexity index is 287. The Hall–Kier alpha value is 0.130. The largest absolute Gasteiger partial charge is 0.222 e. The SMILES string of the molecule is O=S(=O)(CBr)c1cccs1. The standard InChI is InChI=1S/C5H5BrO2S2/c6-4-10(7,8)5-2-1-3-9-5/h1-3H,4H2. The molecule has 10 heavy (non-hydrogen) atoms. The normalized spacial score (nSPS) is 11.7. The van der Waals surface area contributed by atoms with Crippen LogP contribution in [-0.2, 0) is 9.84 Å². The number of hydrogen-bond acceptors (Lipinski definition) is 3. The van der Waals surface area contributed by atoms with Gasteiger partial charge in [0.25, 0.3) is 0 Å². The summed E-state index contributed by atoms with van der Waals surface area (Å²) < 4.78 is 22.5. The first-order valence-electron chi connectivity index (χ1n) is 2.49. The van der Waals surface area contributed by atoms with Crippen LogP contribution in [0.1, 0.15) is 0 Å². The van der Waals surface area contributed by atoms with Crippen LogP contribution in [0.3, 0.4) is 0 Å². The van der Waals surface area contributed by atoms with E-state index in [1.807, 2.05) is 0 Å². The third-order valence-corrected chi connectivity index (χ3v) is 5.50. The first kappa shape index (κ1) is 8.23. The van der Waals surface area contributed by atoms with Crippen LogP contribution in [0.2, 0.25) is 0 Å². The molecular formula is C5H5BrO2S2. The highest BCUT2D eigenvalue weighted by Crippen LogP contribution is 2.18. The van der Waals surface area contributed by atoms with Gasteiger partial charge in [0.2, 0.25) is 0 Å². The summed E-state index contributed by atoms with van der Waals surface area (Å²) in [5.41, 5.74) is 0. The highest BCUT2D eigenvalue weighted by molar-refractivity contribution is 9.10. The molecule has 0 saturated heterocycles. The zero-order valence-electron chi connectivity index (χ0n) is 4.95. The maximum Gasteiger partial charge on any atom is 0.197 e. The number of hydrogen-bond donors (Lipinski definition) is 0. The topological polar surface area (TPSA) is 34.1 Å². The van der Waals surface area contributed by atoms with Crippen molar-refractivity contribution in [3.63, 3.8) is 0 Å². The Balaban J connectivity index is 3.09. The van der Waals surface area contributed by atoms with E-state index >= 15 is 0 Å². The van der Waals surface area contributed by atoms with Gasteiger partial charge in [-0.1, -0.05) is 22.0 Å². The maximum atomic E-state index is 11.0.